The number of carbonyl (C=O) groups is 2. The van der Waals surface area contributed by atoms with Crippen LogP contribution in [-0.2, 0) is 4.79 Å². The van der Waals surface area contributed by atoms with Crippen LogP contribution in [0.1, 0.15) is 61.9 Å². The van der Waals surface area contributed by atoms with Crippen LogP contribution in [0.3, 0.4) is 0 Å². The number of methoxy groups -OCH3 is 1. The molecule has 7 heteroatoms. The van der Waals surface area contributed by atoms with Gasteiger partial charge in [-0.25, -0.2) is 0 Å². The number of benzene rings is 1. The van der Waals surface area contributed by atoms with Gasteiger partial charge in [0.1, 0.15) is 11.4 Å². The molecule has 180 valence electrons. The summed E-state index contributed by atoms with van der Waals surface area (Å²) >= 11 is 0. The van der Waals surface area contributed by atoms with Gasteiger partial charge >= 0.3 is 0 Å². The molecule has 1 aromatic heterocycles. The summed E-state index contributed by atoms with van der Waals surface area (Å²) in [6, 6.07) is 7.67. The van der Waals surface area contributed by atoms with Crippen LogP contribution in [0.5, 0.6) is 5.75 Å². The van der Waals surface area contributed by atoms with Gasteiger partial charge in [-0.3, -0.25) is 9.59 Å². The van der Waals surface area contributed by atoms with Crippen molar-refractivity contribution in [2.75, 3.05) is 46.4 Å². The van der Waals surface area contributed by atoms with Gasteiger partial charge in [0.05, 0.1) is 7.11 Å². The topological polar surface area (TPSA) is 77.7 Å². The Morgan fingerprint density at radius 2 is 1.82 bits per heavy atom. The number of piperidine rings is 1. The predicted octanol–water partition coefficient (Wildman–Crippen LogP) is 3.80. The number of amides is 2. The molecule has 7 nitrogen and oxygen atoms in total. The SMILES string of the molecule is COc1ccc2cc(C(=O)N3CCC(CC(=O)NCCCN4CCCCCC4)CC3)[nH]c2c1. The van der Waals surface area contributed by atoms with Crippen LogP contribution < -0.4 is 10.1 Å². The summed E-state index contributed by atoms with van der Waals surface area (Å²) in [6.45, 7) is 5.66. The van der Waals surface area contributed by atoms with Crippen molar-refractivity contribution in [3.63, 3.8) is 0 Å². The highest BCUT2D eigenvalue weighted by Crippen LogP contribution is 2.25. The first-order valence-electron chi connectivity index (χ1n) is 12.6. The number of carbonyl (C=O) groups excluding carboxylic acids is 2. The number of hydrogen-bond donors (Lipinski definition) is 2. The molecule has 0 bridgehead atoms. The average Bonchev–Trinajstić information content (AvgIpc) is 3.09. The number of H-pyrrole nitrogens is 1. The second kappa shape index (κ2) is 11.5. The summed E-state index contributed by atoms with van der Waals surface area (Å²) < 4.78 is 5.26. The Morgan fingerprint density at radius 3 is 2.55 bits per heavy atom. The summed E-state index contributed by atoms with van der Waals surface area (Å²) in [5.41, 5.74) is 1.51. The third-order valence-corrected chi connectivity index (χ3v) is 7.11. The molecule has 1 aromatic carbocycles. The predicted molar refractivity (Wildman–Crippen MR) is 131 cm³/mol. The fraction of sp³-hybridized carbons (Fsp3) is 0.615. The lowest BCUT2D eigenvalue weighted by Crippen LogP contribution is -2.40. The molecule has 4 rings (SSSR count). The number of hydrogen-bond acceptors (Lipinski definition) is 4. The van der Waals surface area contributed by atoms with Crippen LogP contribution in [0.25, 0.3) is 10.9 Å². The number of rotatable bonds is 8. The molecule has 0 spiro atoms. The van der Waals surface area contributed by atoms with Gasteiger partial charge in [-0.05, 0) is 75.9 Å². The molecule has 2 aliphatic rings. The molecule has 3 heterocycles. The molecule has 0 atom stereocenters. The number of likely N-dealkylation sites (tertiary alicyclic amines) is 2. The van der Waals surface area contributed by atoms with E-state index in [0.29, 0.717) is 31.1 Å². The van der Waals surface area contributed by atoms with Gasteiger partial charge in [0.2, 0.25) is 5.91 Å². The smallest absolute Gasteiger partial charge is 0.270 e. The van der Waals surface area contributed by atoms with Gasteiger partial charge in [-0.15, -0.1) is 0 Å². The average molecular weight is 455 g/mol. The largest absolute Gasteiger partial charge is 0.497 e. The van der Waals surface area contributed by atoms with Crippen molar-refractivity contribution >= 4 is 22.7 Å². The Balaban J connectivity index is 1.16. The first-order valence-corrected chi connectivity index (χ1v) is 12.6. The van der Waals surface area contributed by atoms with Gasteiger partial charge in [-0.2, -0.15) is 0 Å². The molecule has 0 unspecified atom stereocenters. The van der Waals surface area contributed by atoms with Crippen molar-refractivity contribution < 1.29 is 14.3 Å². The minimum Gasteiger partial charge on any atom is -0.497 e. The van der Waals surface area contributed by atoms with E-state index in [9.17, 15) is 9.59 Å². The first kappa shape index (κ1) is 23.6. The Hall–Kier alpha value is -2.54. The molecule has 2 fully saturated rings. The summed E-state index contributed by atoms with van der Waals surface area (Å²) in [5, 5.41) is 4.11. The van der Waals surface area contributed by atoms with Crippen molar-refractivity contribution in [3.05, 3.63) is 30.0 Å². The number of aromatic nitrogens is 1. The zero-order valence-electron chi connectivity index (χ0n) is 19.9. The Labute approximate surface area is 196 Å². The van der Waals surface area contributed by atoms with E-state index in [1.165, 1.54) is 38.8 Å². The fourth-order valence-corrected chi connectivity index (χ4v) is 5.08. The van der Waals surface area contributed by atoms with Gasteiger partial charge in [0.15, 0.2) is 0 Å². The standard InChI is InChI=1S/C26H38N4O3/c1-33-22-8-7-21-18-24(28-23(21)19-22)26(32)30-15-9-20(10-16-30)17-25(31)27-11-6-14-29-12-4-2-3-5-13-29/h7-8,18-20,28H,2-6,9-17H2,1H3,(H,27,31). The number of ether oxygens (including phenoxy) is 1. The van der Waals surface area contributed by atoms with E-state index in [2.05, 4.69) is 15.2 Å². The fourth-order valence-electron chi connectivity index (χ4n) is 5.08. The molecular formula is C26H38N4O3. The lowest BCUT2D eigenvalue weighted by atomic mass is 9.93. The molecule has 2 N–H and O–H groups in total. The maximum Gasteiger partial charge on any atom is 0.270 e. The number of fused-ring (bicyclic) bond motifs is 1. The zero-order chi connectivity index (χ0) is 23.0. The molecule has 2 saturated heterocycles. The molecule has 2 amide bonds. The third-order valence-electron chi connectivity index (χ3n) is 7.11. The van der Waals surface area contributed by atoms with E-state index < -0.39 is 0 Å². The molecular weight excluding hydrogens is 416 g/mol. The second-order valence-electron chi connectivity index (χ2n) is 9.54. The minimum absolute atomic E-state index is 0.0292. The monoisotopic (exact) mass is 454 g/mol. The molecule has 0 saturated carbocycles. The van der Waals surface area contributed by atoms with Crippen LogP contribution in [-0.4, -0.2) is 73.0 Å². The molecule has 0 aliphatic carbocycles. The van der Waals surface area contributed by atoms with Gasteiger partial charge in [0, 0.05) is 43.0 Å². The highest BCUT2D eigenvalue weighted by atomic mass is 16.5. The normalized spacial score (nSPS) is 18.3. The van der Waals surface area contributed by atoms with E-state index >= 15 is 0 Å². The number of nitrogens with one attached hydrogen (secondary N) is 2. The number of aromatic amines is 1. The lowest BCUT2D eigenvalue weighted by molar-refractivity contribution is -0.122. The van der Waals surface area contributed by atoms with Crippen molar-refractivity contribution in [2.45, 2.75) is 51.4 Å². The third kappa shape index (κ3) is 6.50. The lowest BCUT2D eigenvalue weighted by Gasteiger charge is -2.31. The Kier molecular flexibility index (Phi) is 8.26. The van der Waals surface area contributed by atoms with Crippen LogP contribution in [0, 0.1) is 5.92 Å². The van der Waals surface area contributed by atoms with Crippen LogP contribution in [0.15, 0.2) is 24.3 Å². The maximum atomic E-state index is 13.0. The first-order chi connectivity index (χ1) is 16.1. The summed E-state index contributed by atoms with van der Waals surface area (Å²) in [5.74, 6) is 1.30. The molecule has 0 radical (unpaired) electrons. The van der Waals surface area contributed by atoms with Gasteiger partial charge in [0.25, 0.3) is 5.91 Å². The maximum absolute atomic E-state index is 13.0. The highest BCUT2D eigenvalue weighted by molar-refractivity contribution is 5.98. The Bertz CT molecular complexity index is 925. The minimum atomic E-state index is 0.0292. The van der Waals surface area contributed by atoms with Crippen LogP contribution >= 0.6 is 0 Å². The molecule has 33 heavy (non-hydrogen) atoms. The zero-order valence-corrected chi connectivity index (χ0v) is 19.9. The van der Waals surface area contributed by atoms with Crippen molar-refractivity contribution in [1.29, 1.82) is 0 Å². The van der Waals surface area contributed by atoms with Gasteiger partial charge < -0.3 is 24.8 Å². The summed E-state index contributed by atoms with van der Waals surface area (Å²) in [4.78, 5) is 33.0. The number of nitrogens with zero attached hydrogens (tertiary/aromatic N) is 2. The van der Waals surface area contributed by atoms with E-state index in [1.54, 1.807) is 7.11 Å². The summed E-state index contributed by atoms with van der Waals surface area (Å²) in [6.07, 6.45) is 8.67. The Morgan fingerprint density at radius 1 is 1.06 bits per heavy atom. The molecule has 2 aliphatic heterocycles. The van der Waals surface area contributed by atoms with E-state index in [0.717, 1.165) is 49.0 Å². The highest BCUT2D eigenvalue weighted by Gasteiger charge is 2.26. The quantitative estimate of drug-likeness (QED) is 0.595. The van der Waals surface area contributed by atoms with Gasteiger partial charge in [-0.1, -0.05) is 12.8 Å². The van der Waals surface area contributed by atoms with E-state index in [4.69, 9.17) is 4.74 Å². The van der Waals surface area contributed by atoms with Crippen LogP contribution in [0.4, 0.5) is 0 Å². The van der Waals surface area contributed by atoms with E-state index in [1.807, 2.05) is 29.2 Å². The van der Waals surface area contributed by atoms with Crippen molar-refractivity contribution in [2.24, 2.45) is 5.92 Å². The van der Waals surface area contributed by atoms with Crippen LogP contribution in [0.2, 0.25) is 0 Å². The second-order valence-corrected chi connectivity index (χ2v) is 9.54. The summed E-state index contributed by atoms with van der Waals surface area (Å²) in [7, 11) is 1.64. The van der Waals surface area contributed by atoms with E-state index in [-0.39, 0.29) is 11.8 Å². The van der Waals surface area contributed by atoms with Crippen molar-refractivity contribution in [1.82, 2.24) is 20.1 Å². The molecule has 2 aromatic rings. The van der Waals surface area contributed by atoms with Crippen molar-refractivity contribution in [3.8, 4) is 5.75 Å².